The van der Waals surface area contributed by atoms with Crippen molar-refractivity contribution in [2.24, 2.45) is 0 Å². The van der Waals surface area contributed by atoms with Gasteiger partial charge in [0.15, 0.2) is 0 Å². The fourth-order valence-electron chi connectivity index (χ4n) is 3.53. The maximum atomic E-state index is 14.1. The quantitative estimate of drug-likeness (QED) is 0.222. The molecule has 2 aromatic carbocycles. The maximum Gasteiger partial charge on any atom is 0.421 e. The second-order valence-corrected chi connectivity index (χ2v) is 7.71. The first-order valence-corrected chi connectivity index (χ1v) is 11.8. The van der Waals surface area contributed by atoms with E-state index < -0.39 is 52.7 Å². The van der Waals surface area contributed by atoms with Gasteiger partial charge < -0.3 is 19.2 Å². The summed E-state index contributed by atoms with van der Waals surface area (Å²) in [6, 6.07) is 5.53. The summed E-state index contributed by atoms with van der Waals surface area (Å²) in [6.07, 6.45) is -1.96. The molecule has 2 aromatic heterocycles. The predicted octanol–water partition coefficient (Wildman–Crippen LogP) is 5.83. The van der Waals surface area contributed by atoms with Crippen LogP contribution in [0.3, 0.4) is 0 Å². The Hall–Kier alpha value is -4.26. The molecule has 0 spiro atoms. The zero-order valence-electron chi connectivity index (χ0n) is 21.6. The summed E-state index contributed by atoms with van der Waals surface area (Å²) < 4.78 is 88.7. The van der Waals surface area contributed by atoms with Crippen molar-refractivity contribution >= 4 is 17.2 Å². The van der Waals surface area contributed by atoms with Crippen LogP contribution in [0.5, 0.6) is 11.6 Å². The minimum absolute atomic E-state index is 0.0227. The number of pyridine rings is 1. The van der Waals surface area contributed by atoms with Crippen molar-refractivity contribution < 1.29 is 41.0 Å². The Bertz CT molecular complexity index is 1500. The normalized spacial score (nSPS) is 10.8. The second kappa shape index (κ2) is 14.2. The number of carbonyl (C=O) groups is 1. The van der Waals surface area contributed by atoms with Crippen molar-refractivity contribution in [2.45, 2.75) is 39.4 Å². The number of aryl methyl sites for hydroxylation is 1. The molecule has 2 heterocycles. The van der Waals surface area contributed by atoms with Gasteiger partial charge in [-0.1, -0.05) is 13.8 Å². The standard InChI is InChI=1S/C24H15F6N3O3.C2H6.CH4O/c25-14-7-19(26)17(20(27)8-14)11-33-12-32-22(35)16-9-15(3-4-21(16)33)36-23-18(24(28,29)30)6-13(10-31-23)2-1-5-34;2*1-2/h3-10,12H,1-2,11H2;1-2H3;2H,1H3. The van der Waals surface area contributed by atoms with E-state index in [0.29, 0.717) is 18.4 Å². The van der Waals surface area contributed by atoms with E-state index in [1.165, 1.54) is 16.7 Å². The van der Waals surface area contributed by atoms with Gasteiger partial charge in [0, 0.05) is 37.4 Å². The van der Waals surface area contributed by atoms with Gasteiger partial charge in [0.25, 0.3) is 5.56 Å². The number of carbonyl (C=O) groups excluding carboxylic acids is 1. The first-order valence-electron chi connectivity index (χ1n) is 11.8. The Morgan fingerprint density at radius 3 is 2.25 bits per heavy atom. The second-order valence-electron chi connectivity index (χ2n) is 7.71. The van der Waals surface area contributed by atoms with E-state index in [9.17, 15) is 35.9 Å². The summed E-state index contributed by atoms with van der Waals surface area (Å²) in [7, 11) is 1.00. The SMILES string of the molecule is CC.CO.O=CCCc1cnc(Oc2ccc3c(c2)c(=O)ncn3Cc2c(F)cc(F)cc2F)c(C(F)(F)F)c1. The fourth-order valence-corrected chi connectivity index (χ4v) is 3.53. The van der Waals surface area contributed by atoms with Gasteiger partial charge in [-0.2, -0.15) is 18.2 Å². The molecule has 214 valence electrons. The zero-order chi connectivity index (χ0) is 30.0. The molecule has 0 fully saturated rings. The van der Waals surface area contributed by atoms with Gasteiger partial charge in [-0.25, -0.2) is 18.2 Å². The van der Waals surface area contributed by atoms with E-state index in [-0.39, 0.29) is 35.1 Å². The number of nitrogens with zero attached hydrogens (tertiary/aromatic N) is 3. The highest BCUT2D eigenvalue weighted by Gasteiger charge is 2.36. The fraction of sp³-hybridized carbons (Fsp3) is 0.259. The van der Waals surface area contributed by atoms with E-state index >= 15 is 0 Å². The van der Waals surface area contributed by atoms with Crippen LogP contribution < -0.4 is 10.3 Å². The molecule has 0 aliphatic carbocycles. The Morgan fingerprint density at radius 1 is 1.00 bits per heavy atom. The molecule has 0 atom stereocenters. The molecular formula is C27H25F6N3O4. The lowest BCUT2D eigenvalue weighted by Crippen LogP contribution is -2.14. The smallest absolute Gasteiger partial charge is 0.421 e. The Kier molecular flexibility index (Phi) is 11.4. The van der Waals surface area contributed by atoms with Crippen LogP contribution in [0.15, 0.2) is 53.7 Å². The van der Waals surface area contributed by atoms with Gasteiger partial charge in [0.2, 0.25) is 5.88 Å². The number of rotatable bonds is 7. The number of halogens is 6. The summed E-state index contributed by atoms with van der Waals surface area (Å²) in [5.74, 6) is -4.31. The van der Waals surface area contributed by atoms with Crippen LogP contribution in [-0.4, -0.2) is 33.0 Å². The third-order valence-electron chi connectivity index (χ3n) is 5.24. The first-order chi connectivity index (χ1) is 19.1. The molecule has 1 N–H and O–H groups in total. The summed E-state index contributed by atoms with van der Waals surface area (Å²) in [6.45, 7) is 3.56. The third-order valence-corrected chi connectivity index (χ3v) is 5.24. The van der Waals surface area contributed by atoms with Gasteiger partial charge in [0.1, 0.15) is 35.1 Å². The average Bonchev–Trinajstić information content (AvgIpc) is 2.93. The van der Waals surface area contributed by atoms with Crippen LogP contribution in [-0.2, 0) is 23.9 Å². The highest BCUT2D eigenvalue weighted by Crippen LogP contribution is 2.37. The molecular weight excluding hydrogens is 544 g/mol. The van der Waals surface area contributed by atoms with E-state index in [0.717, 1.165) is 31.8 Å². The minimum atomic E-state index is -4.81. The van der Waals surface area contributed by atoms with E-state index in [1.54, 1.807) is 0 Å². The molecule has 7 nitrogen and oxygen atoms in total. The van der Waals surface area contributed by atoms with Crippen molar-refractivity contribution in [3.63, 3.8) is 0 Å². The van der Waals surface area contributed by atoms with Crippen molar-refractivity contribution in [2.75, 3.05) is 7.11 Å². The lowest BCUT2D eigenvalue weighted by molar-refractivity contribution is -0.138. The number of benzene rings is 2. The van der Waals surface area contributed by atoms with Crippen LogP contribution in [0.4, 0.5) is 26.3 Å². The van der Waals surface area contributed by atoms with Crippen LogP contribution in [0.2, 0.25) is 0 Å². The van der Waals surface area contributed by atoms with Gasteiger partial charge in [-0.15, -0.1) is 0 Å². The summed E-state index contributed by atoms with van der Waals surface area (Å²) >= 11 is 0. The molecule has 0 aliphatic heterocycles. The summed E-state index contributed by atoms with van der Waals surface area (Å²) in [5, 5.41) is 6.90. The number of aliphatic hydroxyl groups is 1. The van der Waals surface area contributed by atoms with E-state index in [4.69, 9.17) is 9.84 Å². The molecule has 4 aromatic rings. The largest absolute Gasteiger partial charge is 0.438 e. The van der Waals surface area contributed by atoms with Crippen LogP contribution in [0.25, 0.3) is 10.9 Å². The van der Waals surface area contributed by atoms with Crippen molar-refractivity contribution in [3.8, 4) is 11.6 Å². The van der Waals surface area contributed by atoms with Gasteiger partial charge in [-0.05, 0) is 36.2 Å². The van der Waals surface area contributed by atoms with Crippen LogP contribution >= 0.6 is 0 Å². The van der Waals surface area contributed by atoms with Gasteiger partial charge in [0.05, 0.1) is 23.8 Å². The number of aldehydes is 1. The van der Waals surface area contributed by atoms with Gasteiger partial charge in [-0.3, -0.25) is 4.79 Å². The Morgan fingerprint density at radius 2 is 1.65 bits per heavy atom. The average molecular weight is 570 g/mol. The molecule has 0 radical (unpaired) electrons. The Balaban J connectivity index is 0.00000134. The summed E-state index contributed by atoms with van der Waals surface area (Å²) in [5.41, 5.74) is -2.07. The molecule has 0 saturated heterocycles. The minimum Gasteiger partial charge on any atom is -0.438 e. The number of aliphatic hydroxyl groups excluding tert-OH is 1. The van der Waals surface area contributed by atoms with Gasteiger partial charge >= 0.3 is 6.18 Å². The van der Waals surface area contributed by atoms with Crippen molar-refractivity contribution in [1.29, 1.82) is 0 Å². The third kappa shape index (κ3) is 7.65. The molecule has 4 rings (SSSR count). The van der Waals surface area contributed by atoms with Crippen LogP contribution in [0, 0.1) is 17.5 Å². The number of alkyl halides is 3. The molecule has 13 heteroatoms. The first kappa shape index (κ1) is 32.0. The topological polar surface area (TPSA) is 94.3 Å². The number of aromatic nitrogens is 3. The molecule has 0 bridgehead atoms. The number of ether oxygens (including phenoxy) is 1. The predicted molar refractivity (Wildman–Crippen MR) is 135 cm³/mol. The molecule has 40 heavy (non-hydrogen) atoms. The maximum absolute atomic E-state index is 14.1. The summed E-state index contributed by atoms with van der Waals surface area (Å²) in [4.78, 5) is 30.2. The molecule has 0 aliphatic rings. The monoisotopic (exact) mass is 569 g/mol. The molecule has 0 amide bonds. The zero-order valence-corrected chi connectivity index (χ0v) is 21.6. The van der Waals surface area contributed by atoms with Crippen molar-refractivity contribution in [1.82, 2.24) is 14.5 Å². The van der Waals surface area contributed by atoms with Crippen LogP contribution in [0.1, 0.15) is 37.0 Å². The lowest BCUT2D eigenvalue weighted by atomic mass is 10.1. The molecule has 0 saturated carbocycles. The molecule has 0 unspecified atom stereocenters. The highest BCUT2D eigenvalue weighted by atomic mass is 19.4. The van der Waals surface area contributed by atoms with Crippen molar-refractivity contribution in [3.05, 3.63) is 93.4 Å². The number of hydrogen-bond donors (Lipinski definition) is 1. The Labute approximate surface area is 224 Å². The lowest BCUT2D eigenvalue weighted by Gasteiger charge is -2.15. The number of hydrogen-bond acceptors (Lipinski definition) is 6. The number of fused-ring (bicyclic) bond motifs is 1. The van der Waals surface area contributed by atoms with E-state index in [1.807, 2.05) is 13.8 Å². The highest BCUT2D eigenvalue weighted by molar-refractivity contribution is 5.79. The van der Waals surface area contributed by atoms with E-state index in [2.05, 4.69) is 9.97 Å².